The number of hydrogen-bond acceptors (Lipinski definition) is 4. The number of aromatic nitrogens is 2. The third kappa shape index (κ3) is 3.85. The first kappa shape index (κ1) is 15.1. The van der Waals surface area contributed by atoms with Gasteiger partial charge in [0, 0.05) is 18.3 Å². The van der Waals surface area contributed by atoms with Gasteiger partial charge in [0.25, 0.3) is 5.56 Å². The molecule has 1 N–H and O–H groups in total. The molecule has 0 saturated heterocycles. The molecule has 0 aromatic carbocycles. The Bertz CT molecular complexity index is 554. The highest BCUT2D eigenvalue weighted by Crippen LogP contribution is 2.41. The zero-order valence-corrected chi connectivity index (χ0v) is 12.7. The Morgan fingerprint density at radius 2 is 2.35 bits per heavy atom. The number of hydrogen-bond donors (Lipinski definition) is 1. The van der Waals surface area contributed by atoms with Crippen LogP contribution >= 0.6 is 11.8 Å². The molecule has 1 heterocycles. The Morgan fingerprint density at radius 3 is 3.00 bits per heavy atom. The minimum Gasteiger partial charge on any atom is -0.481 e. The van der Waals surface area contributed by atoms with E-state index in [-0.39, 0.29) is 16.7 Å². The summed E-state index contributed by atoms with van der Waals surface area (Å²) >= 11 is 1.12. The molecule has 1 unspecified atom stereocenters. The van der Waals surface area contributed by atoms with Gasteiger partial charge in [0.1, 0.15) is 0 Å². The SMILES string of the molecule is CC1(C)CCCC(n2ccc(=O)nc2SCC(=O)O)C1. The summed E-state index contributed by atoms with van der Waals surface area (Å²) in [6.45, 7) is 4.50. The van der Waals surface area contributed by atoms with Crippen molar-refractivity contribution in [3.63, 3.8) is 0 Å². The van der Waals surface area contributed by atoms with E-state index in [1.807, 2.05) is 4.57 Å². The van der Waals surface area contributed by atoms with E-state index in [2.05, 4.69) is 18.8 Å². The van der Waals surface area contributed by atoms with Gasteiger partial charge in [-0.25, -0.2) is 0 Å². The number of carboxylic acids is 1. The van der Waals surface area contributed by atoms with Crippen molar-refractivity contribution in [2.24, 2.45) is 5.41 Å². The minimum absolute atomic E-state index is 0.0768. The summed E-state index contributed by atoms with van der Waals surface area (Å²) in [4.78, 5) is 26.1. The summed E-state index contributed by atoms with van der Waals surface area (Å²) in [5, 5.41) is 9.31. The van der Waals surface area contributed by atoms with E-state index in [1.165, 1.54) is 12.5 Å². The topological polar surface area (TPSA) is 72.2 Å². The van der Waals surface area contributed by atoms with Crippen LogP contribution in [0.1, 0.15) is 45.6 Å². The second kappa shape index (κ2) is 5.99. The summed E-state index contributed by atoms with van der Waals surface area (Å²) in [5.41, 5.74) is -0.0370. The Balaban J connectivity index is 2.25. The predicted molar refractivity (Wildman–Crippen MR) is 78.1 cm³/mol. The van der Waals surface area contributed by atoms with Gasteiger partial charge >= 0.3 is 5.97 Å². The molecule has 0 radical (unpaired) electrons. The van der Waals surface area contributed by atoms with E-state index in [1.54, 1.807) is 6.20 Å². The highest BCUT2D eigenvalue weighted by atomic mass is 32.2. The van der Waals surface area contributed by atoms with Crippen LogP contribution in [0, 0.1) is 5.41 Å². The van der Waals surface area contributed by atoms with Crippen molar-refractivity contribution in [3.8, 4) is 0 Å². The maximum atomic E-state index is 11.4. The summed E-state index contributed by atoms with van der Waals surface area (Å²) in [6.07, 6.45) is 6.18. The molecule has 2 rings (SSSR count). The quantitative estimate of drug-likeness (QED) is 0.683. The Hall–Kier alpha value is -1.30. The molecule has 1 atom stereocenters. The molecule has 0 spiro atoms. The van der Waals surface area contributed by atoms with E-state index >= 15 is 0 Å². The van der Waals surface area contributed by atoms with Gasteiger partial charge < -0.3 is 9.67 Å². The fourth-order valence-electron chi connectivity index (χ4n) is 2.80. The smallest absolute Gasteiger partial charge is 0.313 e. The fraction of sp³-hybridized carbons (Fsp3) is 0.643. The zero-order chi connectivity index (χ0) is 14.8. The van der Waals surface area contributed by atoms with Crippen LogP contribution in [0.4, 0.5) is 0 Å². The number of nitrogens with zero attached hydrogens (tertiary/aromatic N) is 2. The first-order valence-electron chi connectivity index (χ1n) is 6.81. The first-order chi connectivity index (χ1) is 9.37. The standard InChI is InChI=1S/C14H20N2O3S/c1-14(2)6-3-4-10(8-14)16-7-5-11(17)15-13(16)20-9-12(18)19/h5,7,10H,3-4,6,8-9H2,1-2H3,(H,18,19). The van der Waals surface area contributed by atoms with Gasteiger partial charge in [0.15, 0.2) is 5.16 Å². The van der Waals surface area contributed by atoms with Crippen LogP contribution in [0.25, 0.3) is 0 Å². The minimum atomic E-state index is -0.899. The van der Waals surface area contributed by atoms with Crippen molar-refractivity contribution in [1.29, 1.82) is 0 Å². The lowest BCUT2D eigenvalue weighted by atomic mass is 9.75. The molecule has 5 nitrogen and oxygen atoms in total. The first-order valence-corrected chi connectivity index (χ1v) is 7.80. The molecule has 110 valence electrons. The van der Waals surface area contributed by atoms with Crippen LogP contribution in [-0.2, 0) is 4.79 Å². The monoisotopic (exact) mass is 296 g/mol. The molecule has 20 heavy (non-hydrogen) atoms. The van der Waals surface area contributed by atoms with Gasteiger partial charge in [-0.15, -0.1) is 0 Å². The molecule has 1 aromatic rings. The molecule has 0 amide bonds. The van der Waals surface area contributed by atoms with E-state index in [0.29, 0.717) is 11.2 Å². The lowest BCUT2D eigenvalue weighted by molar-refractivity contribution is -0.133. The van der Waals surface area contributed by atoms with Gasteiger partial charge in [-0.3, -0.25) is 9.59 Å². The van der Waals surface area contributed by atoms with E-state index in [0.717, 1.165) is 31.0 Å². The second-order valence-corrected chi connectivity index (χ2v) is 6.99. The van der Waals surface area contributed by atoms with Crippen molar-refractivity contribution in [2.45, 2.75) is 50.7 Å². The molecule has 1 aliphatic carbocycles. The van der Waals surface area contributed by atoms with Gasteiger partial charge in [-0.2, -0.15) is 4.98 Å². The van der Waals surface area contributed by atoms with Gasteiger partial charge in [-0.05, 0) is 24.7 Å². The average molecular weight is 296 g/mol. The molecule has 1 saturated carbocycles. The van der Waals surface area contributed by atoms with Crippen molar-refractivity contribution in [3.05, 3.63) is 22.6 Å². The molecule has 1 fully saturated rings. The predicted octanol–water partition coefficient (Wildman–Crippen LogP) is 2.56. The lowest BCUT2D eigenvalue weighted by Crippen LogP contribution is -2.27. The van der Waals surface area contributed by atoms with Crippen LogP contribution in [0.2, 0.25) is 0 Å². The number of aliphatic carboxylic acids is 1. The Morgan fingerprint density at radius 1 is 1.60 bits per heavy atom. The molecular weight excluding hydrogens is 276 g/mol. The van der Waals surface area contributed by atoms with Crippen molar-refractivity contribution in [2.75, 3.05) is 5.75 Å². The van der Waals surface area contributed by atoms with Crippen LogP contribution < -0.4 is 5.56 Å². The van der Waals surface area contributed by atoms with Crippen LogP contribution in [0.3, 0.4) is 0 Å². The fourth-order valence-corrected chi connectivity index (χ4v) is 3.57. The van der Waals surface area contributed by atoms with E-state index in [9.17, 15) is 9.59 Å². The molecule has 0 aliphatic heterocycles. The zero-order valence-electron chi connectivity index (χ0n) is 11.8. The largest absolute Gasteiger partial charge is 0.481 e. The van der Waals surface area contributed by atoms with Crippen molar-refractivity contribution in [1.82, 2.24) is 9.55 Å². The van der Waals surface area contributed by atoms with Crippen molar-refractivity contribution < 1.29 is 9.90 Å². The van der Waals surface area contributed by atoms with Gasteiger partial charge in [0.05, 0.1) is 5.75 Å². The second-order valence-electron chi connectivity index (χ2n) is 6.05. The summed E-state index contributed by atoms with van der Waals surface area (Å²) in [6, 6.07) is 1.75. The normalized spacial score (nSPS) is 21.6. The molecule has 0 bridgehead atoms. The van der Waals surface area contributed by atoms with Gasteiger partial charge in [-0.1, -0.05) is 32.0 Å². The molecule has 1 aromatic heterocycles. The summed E-state index contributed by atoms with van der Waals surface area (Å²) in [5.74, 6) is -0.976. The molecular formula is C14H20N2O3S. The number of thioether (sulfide) groups is 1. The molecule has 1 aliphatic rings. The van der Waals surface area contributed by atoms with Crippen LogP contribution in [-0.4, -0.2) is 26.4 Å². The highest BCUT2D eigenvalue weighted by molar-refractivity contribution is 7.99. The Kier molecular flexibility index (Phi) is 4.52. The maximum Gasteiger partial charge on any atom is 0.313 e. The van der Waals surface area contributed by atoms with Crippen LogP contribution in [0.5, 0.6) is 0 Å². The third-order valence-electron chi connectivity index (χ3n) is 3.70. The van der Waals surface area contributed by atoms with E-state index in [4.69, 9.17) is 5.11 Å². The van der Waals surface area contributed by atoms with Crippen LogP contribution in [0.15, 0.2) is 22.2 Å². The lowest BCUT2D eigenvalue weighted by Gasteiger charge is -2.36. The number of carboxylic acid groups (broad SMARTS) is 1. The number of rotatable bonds is 4. The van der Waals surface area contributed by atoms with E-state index < -0.39 is 5.97 Å². The number of carbonyl (C=O) groups is 1. The molecule has 6 heteroatoms. The van der Waals surface area contributed by atoms with Gasteiger partial charge in [0.2, 0.25) is 0 Å². The Labute approximate surface area is 122 Å². The highest BCUT2D eigenvalue weighted by Gasteiger charge is 2.29. The summed E-state index contributed by atoms with van der Waals surface area (Å²) in [7, 11) is 0. The summed E-state index contributed by atoms with van der Waals surface area (Å²) < 4.78 is 1.98. The maximum absolute atomic E-state index is 11.4. The van der Waals surface area contributed by atoms with Crippen molar-refractivity contribution >= 4 is 17.7 Å². The average Bonchev–Trinajstić information content (AvgIpc) is 2.35. The third-order valence-corrected chi connectivity index (χ3v) is 4.65.